The Balaban J connectivity index is 0. The highest BCUT2D eigenvalue weighted by atomic mass is 16.6. The second-order valence-electron chi connectivity index (χ2n) is 2.34. The zero-order valence-electron chi connectivity index (χ0n) is 9.09. The summed E-state index contributed by atoms with van der Waals surface area (Å²) in [4.78, 5) is 20.2. The Kier molecular flexibility index (Phi) is 12.0. The number of aliphatic hydroxyl groups excluding tert-OH is 2. The third-order valence-electron chi connectivity index (χ3n) is 0.956. The number of esters is 2. The molecule has 0 radical (unpaired) electrons. The summed E-state index contributed by atoms with van der Waals surface area (Å²) in [7, 11) is 0. The predicted octanol–water partition coefficient (Wildman–Crippen LogP) is -0.238. The molecule has 2 N–H and O–H groups in total. The summed E-state index contributed by atoms with van der Waals surface area (Å²) in [5.74, 6) is -1.11. The fourth-order valence-corrected chi connectivity index (χ4v) is 0.421. The van der Waals surface area contributed by atoms with E-state index in [1.54, 1.807) is 0 Å². The first kappa shape index (κ1) is 16.8. The van der Waals surface area contributed by atoms with E-state index in [9.17, 15) is 9.59 Å². The van der Waals surface area contributed by atoms with Gasteiger partial charge in [0.05, 0.1) is 6.61 Å². The van der Waals surface area contributed by atoms with Crippen LogP contribution < -0.4 is 0 Å². The van der Waals surface area contributed by atoms with Gasteiger partial charge in [-0.2, -0.15) is 0 Å². The average Bonchev–Trinajstić information content (AvgIpc) is 2.25. The lowest BCUT2D eigenvalue weighted by Gasteiger charge is -2.01. The first-order valence-electron chi connectivity index (χ1n) is 4.39. The molecular weight excluding hydrogens is 216 g/mol. The average molecular weight is 232 g/mol. The van der Waals surface area contributed by atoms with Crippen LogP contribution in [0.1, 0.15) is 6.92 Å². The lowest BCUT2D eigenvalue weighted by molar-refractivity contribution is -0.158. The van der Waals surface area contributed by atoms with Gasteiger partial charge in [0.25, 0.3) is 0 Å². The number of hydrogen-bond acceptors (Lipinski definition) is 6. The standard InChI is InChI=1S/2C5H8O3/c1-3-5(7)8-4(2)6;1-2-5(7)8-4-3-6/h3-4,6H,1H2,2H3;2,6H,1,3-4H2. The fraction of sp³-hybridized carbons (Fsp3) is 0.400. The largest absolute Gasteiger partial charge is 0.460 e. The molecule has 0 saturated heterocycles. The molecule has 16 heavy (non-hydrogen) atoms. The normalized spacial score (nSPS) is 10.2. The van der Waals surface area contributed by atoms with Gasteiger partial charge in [-0.25, -0.2) is 9.59 Å². The summed E-state index contributed by atoms with van der Waals surface area (Å²) in [6.07, 6.45) is 1.00. The van der Waals surface area contributed by atoms with Gasteiger partial charge in [0.1, 0.15) is 6.61 Å². The molecule has 1 atom stereocenters. The zero-order chi connectivity index (χ0) is 13.0. The topological polar surface area (TPSA) is 93.1 Å². The maximum atomic E-state index is 10.1. The Morgan fingerprint density at radius 1 is 1.31 bits per heavy atom. The maximum absolute atomic E-state index is 10.1. The van der Waals surface area contributed by atoms with Crippen LogP contribution in [0.2, 0.25) is 0 Å². The summed E-state index contributed by atoms with van der Waals surface area (Å²) in [6.45, 7) is 7.54. The van der Waals surface area contributed by atoms with Crippen molar-refractivity contribution in [3.05, 3.63) is 25.3 Å². The smallest absolute Gasteiger partial charge is 0.332 e. The van der Waals surface area contributed by atoms with Crippen molar-refractivity contribution in [3.8, 4) is 0 Å². The molecule has 0 saturated carbocycles. The van der Waals surface area contributed by atoms with Crippen LogP contribution in [-0.2, 0) is 19.1 Å². The van der Waals surface area contributed by atoms with E-state index >= 15 is 0 Å². The Hall–Kier alpha value is -1.66. The van der Waals surface area contributed by atoms with Crippen molar-refractivity contribution in [2.45, 2.75) is 13.2 Å². The summed E-state index contributed by atoms with van der Waals surface area (Å²) >= 11 is 0. The third-order valence-corrected chi connectivity index (χ3v) is 0.956. The monoisotopic (exact) mass is 232 g/mol. The molecule has 1 unspecified atom stereocenters. The Bertz CT molecular complexity index is 233. The zero-order valence-corrected chi connectivity index (χ0v) is 9.09. The highest BCUT2D eigenvalue weighted by Crippen LogP contribution is 1.84. The molecule has 92 valence electrons. The summed E-state index contributed by atoms with van der Waals surface area (Å²) in [5.41, 5.74) is 0. The molecule has 0 aromatic heterocycles. The molecule has 0 bridgehead atoms. The molecule has 0 rings (SSSR count). The van der Waals surface area contributed by atoms with Gasteiger partial charge in [0.15, 0.2) is 6.29 Å². The number of carbonyl (C=O) groups is 2. The molecule has 0 heterocycles. The van der Waals surface area contributed by atoms with E-state index in [0.717, 1.165) is 12.2 Å². The number of carbonyl (C=O) groups excluding carboxylic acids is 2. The van der Waals surface area contributed by atoms with Gasteiger partial charge in [0.2, 0.25) is 0 Å². The number of rotatable bonds is 5. The molecule has 0 aliphatic rings. The van der Waals surface area contributed by atoms with Gasteiger partial charge in [-0.1, -0.05) is 13.2 Å². The van der Waals surface area contributed by atoms with Crippen LogP contribution >= 0.6 is 0 Å². The summed E-state index contributed by atoms with van der Waals surface area (Å²) in [6, 6.07) is 0. The van der Waals surface area contributed by atoms with Crippen molar-refractivity contribution < 1.29 is 29.3 Å². The summed E-state index contributed by atoms with van der Waals surface area (Å²) < 4.78 is 8.53. The number of hydrogen-bond donors (Lipinski definition) is 2. The van der Waals surface area contributed by atoms with Gasteiger partial charge in [-0.15, -0.1) is 0 Å². The molecule has 0 spiro atoms. The van der Waals surface area contributed by atoms with E-state index in [-0.39, 0.29) is 13.2 Å². The van der Waals surface area contributed by atoms with Gasteiger partial charge in [0, 0.05) is 12.2 Å². The second-order valence-corrected chi connectivity index (χ2v) is 2.34. The van der Waals surface area contributed by atoms with Crippen LogP contribution in [0.25, 0.3) is 0 Å². The van der Waals surface area contributed by atoms with E-state index in [4.69, 9.17) is 10.2 Å². The Morgan fingerprint density at radius 3 is 2.06 bits per heavy atom. The highest BCUT2D eigenvalue weighted by molar-refractivity contribution is 5.81. The molecule has 0 aromatic rings. The van der Waals surface area contributed by atoms with Crippen LogP contribution in [0.4, 0.5) is 0 Å². The van der Waals surface area contributed by atoms with Crippen molar-refractivity contribution in [1.29, 1.82) is 0 Å². The first-order valence-corrected chi connectivity index (χ1v) is 4.39. The minimum Gasteiger partial charge on any atom is -0.460 e. The van der Waals surface area contributed by atoms with Gasteiger partial charge in [-0.05, 0) is 6.92 Å². The van der Waals surface area contributed by atoms with Crippen molar-refractivity contribution in [2.75, 3.05) is 13.2 Å². The quantitative estimate of drug-likeness (QED) is 0.386. The molecule has 6 heteroatoms. The highest BCUT2D eigenvalue weighted by Gasteiger charge is 1.97. The van der Waals surface area contributed by atoms with E-state index in [0.29, 0.717) is 0 Å². The van der Waals surface area contributed by atoms with Crippen LogP contribution in [-0.4, -0.2) is 41.7 Å². The third kappa shape index (κ3) is 14.8. The second kappa shape index (κ2) is 11.4. The fourth-order valence-electron chi connectivity index (χ4n) is 0.421. The molecule has 0 aromatic carbocycles. The molecule has 6 nitrogen and oxygen atoms in total. The number of aliphatic hydroxyl groups is 2. The maximum Gasteiger partial charge on any atom is 0.332 e. The van der Waals surface area contributed by atoms with E-state index in [2.05, 4.69) is 22.6 Å². The van der Waals surface area contributed by atoms with Gasteiger partial charge >= 0.3 is 11.9 Å². The lowest BCUT2D eigenvalue weighted by Crippen LogP contribution is -2.10. The first-order chi connectivity index (χ1) is 7.47. The van der Waals surface area contributed by atoms with Crippen LogP contribution in [0.3, 0.4) is 0 Å². The molecule has 0 amide bonds. The van der Waals surface area contributed by atoms with Gasteiger partial charge < -0.3 is 19.7 Å². The molecule has 0 aliphatic heterocycles. The van der Waals surface area contributed by atoms with Crippen LogP contribution in [0.15, 0.2) is 25.3 Å². The van der Waals surface area contributed by atoms with Gasteiger partial charge in [-0.3, -0.25) is 0 Å². The van der Waals surface area contributed by atoms with E-state index in [1.165, 1.54) is 6.92 Å². The van der Waals surface area contributed by atoms with E-state index < -0.39 is 18.2 Å². The Morgan fingerprint density at radius 2 is 1.81 bits per heavy atom. The molecular formula is C10H16O6. The Labute approximate surface area is 93.8 Å². The van der Waals surface area contributed by atoms with Crippen LogP contribution in [0.5, 0.6) is 0 Å². The molecule has 0 aliphatic carbocycles. The van der Waals surface area contributed by atoms with Crippen molar-refractivity contribution >= 4 is 11.9 Å². The predicted molar refractivity (Wildman–Crippen MR) is 56.2 cm³/mol. The van der Waals surface area contributed by atoms with Crippen molar-refractivity contribution in [1.82, 2.24) is 0 Å². The minimum absolute atomic E-state index is 0.0465. The summed E-state index contributed by atoms with van der Waals surface area (Å²) in [5, 5.41) is 16.5. The van der Waals surface area contributed by atoms with Crippen molar-refractivity contribution in [2.24, 2.45) is 0 Å². The van der Waals surface area contributed by atoms with Crippen LogP contribution in [0, 0.1) is 0 Å². The minimum atomic E-state index is -1.04. The van der Waals surface area contributed by atoms with E-state index in [1.807, 2.05) is 0 Å². The van der Waals surface area contributed by atoms with Crippen molar-refractivity contribution in [3.63, 3.8) is 0 Å². The molecule has 0 fully saturated rings. The lowest BCUT2D eigenvalue weighted by atomic mass is 10.6. The number of ether oxygens (including phenoxy) is 2. The SMILES string of the molecule is C=CC(=O)OC(C)O.C=CC(=O)OCCO.